The highest BCUT2D eigenvalue weighted by Crippen LogP contribution is 2.27. The van der Waals surface area contributed by atoms with E-state index in [9.17, 15) is 18.0 Å². The molecule has 0 bridgehead atoms. The number of carbonyl (C=O) groups is 2. The van der Waals surface area contributed by atoms with E-state index in [0.717, 1.165) is 27.4 Å². The molecule has 0 aliphatic heterocycles. The average Bonchev–Trinajstić information content (AvgIpc) is 2.91. The molecule has 0 saturated carbocycles. The first kappa shape index (κ1) is 28.9. The van der Waals surface area contributed by atoms with Gasteiger partial charge in [0.15, 0.2) is 0 Å². The van der Waals surface area contributed by atoms with Gasteiger partial charge in [-0.1, -0.05) is 73.2 Å². The largest absolute Gasteiger partial charge is 0.354 e. The monoisotopic (exact) mass is 535 g/mol. The summed E-state index contributed by atoms with van der Waals surface area (Å²) in [5.74, 6) is -0.712. The maximum atomic E-state index is 13.9. The van der Waals surface area contributed by atoms with Gasteiger partial charge < -0.3 is 10.2 Å². The highest BCUT2D eigenvalue weighted by molar-refractivity contribution is 7.92. The van der Waals surface area contributed by atoms with Crippen molar-refractivity contribution in [3.8, 4) is 0 Å². The maximum absolute atomic E-state index is 13.9. The number of anilines is 1. The molecule has 0 fully saturated rings. The first-order valence-corrected chi connectivity index (χ1v) is 14.3. The molecule has 2 amide bonds. The first-order valence-electron chi connectivity index (χ1n) is 12.9. The smallest absolute Gasteiger partial charge is 0.264 e. The summed E-state index contributed by atoms with van der Waals surface area (Å²) in [5.41, 5.74) is 3.10. The number of rotatable bonds is 12. The van der Waals surface area contributed by atoms with Crippen LogP contribution in [0.2, 0.25) is 0 Å². The molecule has 38 heavy (non-hydrogen) atoms. The van der Waals surface area contributed by atoms with Gasteiger partial charge in [0, 0.05) is 13.1 Å². The molecular weight excluding hydrogens is 498 g/mol. The Balaban J connectivity index is 1.97. The van der Waals surface area contributed by atoms with Crippen LogP contribution in [0, 0.1) is 13.8 Å². The second-order valence-electron chi connectivity index (χ2n) is 9.40. The van der Waals surface area contributed by atoms with E-state index in [-0.39, 0.29) is 17.3 Å². The van der Waals surface area contributed by atoms with Gasteiger partial charge in [-0.3, -0.25) is 13.9 Å². The molecule has 7 nitrogen and oxygen atoms in total. The van der Waals surface area contributed by atoms with Crippen LogP contribution in [0.15, 0.2) is 83.8 Å². The van der Waals surface area contributed by atoms with Gasteiger partial charge in [0.25, 0.3) is 10.0 Å². The summed E-state index contributed by atoms with van der Waals surface area (Å²) in [6.45, 7) is 7.68. The Hall–Kier alpha value is -3.65. The molecule has 0 aliphatic carbocycles. The summed E-state index contributed by atoms with van der Waals surface area (Å²) in [4.78, 5) is 28.3. The van der Waals surface area contributed by atoms with Crippen molar-refractivity contribution >= 4 is 27.5 Å². The van der Waals surface area contributed by atoms with E-state index in [1.54, 1.807) is 43.3 Å². The van der Waals surface area contributed by atoms with Gasteiger partial charge in [0.05, 0.1) is 10.6 Å². The Kier molecular flexibility index (Phi) is 10.1. The topological polar surface area (TPSA) is 86.8 Å². The minimum absolute atomic E-state index is 0.101. The molecule has 3 aromatic carbocycles. The summed E-state index contributed by atoms with van der Waals surface area (Å²) in [5, 5.41) is 2.86. The highest BCUT2D eigenvalue weighted by atomic mass is 32.2. The van der Waals surface area contributed by atoms with Crippen LogP contribution in [0.3, 0.4) is 0 Å². The van der Waals surface area contributed by atoms with E-state index in [2.05, 4.69) is 5.32 Å². The third kappa shape index (κ3) is 7.22. The minimum atomic E-state index is -4.06. The lowest BCUT2D eigenvalue weighted by Gasteiger charge is -2.32. The number of nitrogens with zero attached hydrogens (tertiary/aromatic N) is 2. The number of sulfonamides is 1. The second kappa shape index (κ2) is 13.2. The summed E-state index contributed by atoms with van der Waals surface area (Å²) in [6, 6.07) is 22.6. The van der Waals surface area contributed by atoms with E-state index in [4.69, 9.17) is 0 Å². The molecule has 0 spiro atoms. The summed E-state index contributed by atoms with van der Waals surface area (Å²) in [7, 11) is -4.06. The SMILES string of the molecule is CCCNC(=O)[C@@H](C)N(CCc1ccccc1)C(=O)CN(c1ccccc1C)S(=O)(=O)c1ccc(C)cc1. The zero-order valence-electron chi connectivity index (χ0n) is 22.6. The number of nitrogens with one attached hydrogen (secondary N) is 1. The fourth-order valence-corrected chi connectivity index (χ4v) is 5.64. The van der Waals surface area contributed by atoms with Crippen LogP contribution in [0.25, 0.3) is 0 Å². The van der Waals surface area contributed by atoms with Crippen molar-refractivity contribution < 1.29 is 18.0 Å². The molecular formula is C30H37N3O4S. The zero-order valence-corrected chi connectivity index (χ0v) is 23.4. The van der Waals surface area contributed by atoms with Crippen molar-refractivity contribution in [1.82, 2.24) is 10.2 Å². The molecule has 202 valence electrons. The number of aryl methyl sites for hydroxylation is 2. The molecule has 3 rings (SSSR count). The fourth-order valence-electron chi connectivity index (χ4n) is 4.16. The van der Waals surface area contributed by atoms with Crippen LogP contribution in [-0.4, -0.2) is 50.8 Å². The predicted molar refractivity (Wildman–Crippen MR) is 152 cm³/mol. The zero-order chi connectivity index (χ0) is 27.7. The molecule has 0 aliphatic rings. The lowest BCUT2D eigenvalue weighted by molar-refractivity contribution is -0.138. The van der Waals surface area contributed by atoms with Crippen LogP contribution in [0.5, 0.6) is 0 Å². The normalized spacial score (nSPS) is 12.0. The van der Waals surface area contributed by atoms with E-state index in [0.29, 0.717) is 18.7 Å². The van der Waals surface area contributed by atoms with Crippen molar-refractivity contribution in [3.63, 3.8) is 0 Å². The van der Waals surface area contributed by atoms with E-state index in [1.807, 2.05) is 63.2 Å². The molecule has 3 aromatic rings. The number of amides is 2. The Morgan fingerprint density at radius 2 is 1.53 bits per heavy atom. The molecule has 0 saturated heterocycles. The summed E-state index contributed by atoms with van der Waals surface area (Å²) < 4.78 is 28.9. The van der Waals surface area contributed by atoms with Crippen LogP contribution in [0.4, 0.5) is 5.69 Å². The lowest BCUT2D eigenvalue weighted by atomic mass is 10.1. The number of hydrogen-bond donors (Lipinski definition) is 1. The number of para-hydroxylation sites is 1. The standard InChI is InChI=1S/C30H37N3O4S/c1-5-20-31-30(35)25(4)32(21-19-26-12-7-6-8-13-26)29(34)22-33(28-14-10-9-11-24(28)3)38(36,37)27-17-15-23(2)16-18-27/h6-18,25H,5,19-22H2,1-4H3,(H,31,35)/t25-/m1/s1. The van der Waals surface area contributed by atoms with Gasteiger partial charge in [0.1, 0.15) is 12.6 Å². The maximum Gasteiger partial charge on any atom is 0.264 e. The third-order valence-corrected chi connectivity index (χ3v) is 8.25. The molecule has 8 heteroatoms. The molecule has 0 radical (unpaired) electrons. The van der Waals surface area contributed by atoms with Gasteiger partial charge in [-0.15, -0.1) is 0 Å². The molecule has 1 atom stereocenters. The first-order chi connectivity index (χ1) is 18.1. The van der Waals surface area contributed by atoms with Crippen molar-refractivity contribution in [2.45, 2.75) is 51.5 Å². The highest BCUT2D eigenvalue weighted by Gasteiger charge is 2.32. The van der Waals surface area contributed by atoms with Crippen molar-refractivity contribution in [1.29, 1.82) is 0 Å². The van der Waals surface area contributed by atoms with Crippen LogP contribution in [0.1, 0.15) is 37.0 Å². The number of carbonyl (C=O) groups excluding carboxylic acids is 2. The lowest BCUT2D eigenvalue weighted by Crippen LogP contribution is -2.52. The van der Waals surface area contributed by atoms with Gasteiger partial charge in [-0.2, -0.15) is 0 Å². The Morgan fingerprint density at radius 1 is 0.895 bits per heavy atom. The van der Waals surface area contributed by atoms with E-state index >= 15 is 0 Å². The van der Waals surface area contributed by atoms with Gasteiger partial charge in [-0.25, -0.2) is 8.42 Å². The average molecular weight is 536 g/mol. The predicted octanol–water partition coefficient (Wildman–Crippen LogP) is 4.48. The van der Waals surface area contributed by atoms with Crippen LogP contribution >= 0.6 is 0 Å². The third-order valence-electron chi connectivity index (χ3n) is 6.47. The van der Waals surface area contributed by atoms with Crippen molar-refractivity contribution in [2.75, 3.05) is 23.9 Å². The number of hydrogen-bond acceptors (Lipinski definition) is 4. The van der Waals surface area contributed by atoms with E-state index < -0.39 is 28.5 Å². The van der Waals surface area contributed by atoms with Gasteiger partial charge >= 0.3 is 0 Å². The number of benzene rings is 3. The Morgan fingerprint density at radius 3 is 2.16 bits per heavy atom. The van der Waals surface area contributed by atoms with Crippen LogP contribution < -0.4 is 9.62 Å². The minimum Gasteiger partial charge on any atom is -0.354 e. The quantitative estimate of drug-likeness (QED) is 0.370. The summed E-state index contributed by atoms with van der Waals surface area (Å²) in [6.07, 6.45) is 1.30. The second-order valence-corrected chi connectivity index (χ2v) is 11.3. The van der Waals surface area contributed by atoms with Gasteiger partial charge in [-0.05, 0) is 62.9 Å². The fraction of sp³-hybridized carbons (Fsp3) is 0.333. The van der Waals surface area contributed by atoms with Gasteiger partial charge in [0.2, 0.25) is 11.8 Å². The van der Waals surface area contributed by atoms with Crippen molar-refractivity contribution in [2.24, 2.45) is 0 Å². The Bertz CT molecular complexity index is 1330. The van der Waals surface area contributed by atoms with Crippen LogP contribution in [-0.2, 0) is 26.0 Å². The molecule has 0 unspecified atom stereocenters. The molecule has 1 N–H and O–H groups in total. The molecule has 0 heterocycles. The Labute approximate surface area is 226 Å². The summed E-state index contributed by atoms with van der Waals surface area (Å²) >= 11 is 0. The molecule has 0 aromatic heterocycles. The van der Waals surface area contributed by atoms with Crippen molar-refractivity contribution in [3.05, 3.63) is 95.6 Å². The van der Waals surface area contributed by atoms with E-state index in [1.165, 1.54) is 4.90 Å².